The molecule has 1 aliphatic carbocycles. The van der Waals surface area contributed by atoms with Crippen molar-refractivity contribution in [2.45, 2.75) is 63.6 Å². The lowest BCUT2D eigenvalue weighted by molar-refractivity contribution is -0.129. The summed E-state index contributed by atoms with van der Waals surface area (Å²) in [7, 11) is 1.93. The summed E-state index contributed by atoms with van der Waals surface area (Å²) < 4.78 is 1.84. The number of nitrogens with zero attached hydrogens (tertiary/aromatic N) is 3. The van der Waals surface area contributed by atoms with Gasteiger partial charge < -0.3 is 10.6 Å². The van der Waals surface area contributed by atoms with Crippen molar-refractivity contribution in [3.63, 3.8) is 0 Å². The molecule has 5 nitrogen and oxygen atoms in total. The van der Waals surface area contributed by atoms with Crippen LogP contribution in [-0.2, 0) is 17.3 Å². The number of hydrogen-bond acceptors (Lipinski definition) is 3. The maximum absolute atomic E-state index is 12.2. The summed E-state index contributed by atoms with van der Waals surface area (Å²) >= 11 is 0. The quantitative estimate of drug-likeness (QED) is 0.890. The van der Waals surface area contributed by atoms with Gasteiger partial charge in [-0.3, -0.25) is 9.48 Å². The summed E-state index contributed by atoms with van der Waals surface area (Å²) in [5, 5.41) is 4.62. The molecule has 2 aliphatic rings. The van der Waals surface area contributed by atoms with E-state index in [0.29, 0.717) is 12.5 Å². The van der Waals surface area contributed by atoms with Gasteiger partial charge in [0, 0.05) is 42.7 Å². The molecule has 3 rings (SSSR count). The SMILES string of the molecule is Cn1cc(C2C(N)CC(=O)N2C2CC2)c(C(C)(C)C)n1. The average Bonchev–Trinajstić information content (AvgIpc) is 2.99. The zero-order valence-electron chi connectivity index (χ0n) is 12.8. The lowest BCUT2D eigenvalue weighted by atomic mass is 9.86. The fraction of sp³-hybridized carbons (Fsp3) is 0.733. The van der Waals surface area contributed by atoms with Gasteiger partial charge in [0.2, 0.25) is 5.91 Å². The van der Waals surface area contributed by atoms with Gasteiger partial charge in [0.25, 0.3) is 0 Å². The largest absolute Gasteiger partial charge is 0.331 e. The van der Waals surface area contributed by atoms with E-state index in [9.17, 15) is 4.79 Å². The van der Waals surface area contributed by atoms with Gasteiger partial charge in [0.05, 0.1) is 11.7 Å². The Bertz CT molecular complexity index is 539. The second-order valence-electron chi connectivity index (χ2n) is 7.20. The molecule has 20 heavy (non-hydrogen) atoms. The first-order chi connectivity index (χ1) is 9.29. The van der Waals surface area contributed by atoms with E-state index in [1.54, 1.807) is 0 Å². The molecule has 2 N–H and O–H groups in total. The molecular formula is C15H24N4O. The highest BCUT2D eigenvalue weighted by Gasteiger charge is 2.47. The predicted octanol–water partition coefficient (Wildman–Crippen LogP) is 1.48. The Morgan fingerprint density at radius 3 is 2.55 bits per heavy atom. The maximum atomic E-state index is 12.2. The molecule has 1 aromatic heterocycles. The van der Waals surface area contributed by atoms with E-state index in [4.69, 9.17) is 5.73 Å². The molecule has 5 heteroatoms. The Morgan fingerprint density at radius 1 is 1.35 bits per heavy atom. The molecule has 0 aromatic carbocycles. The van der Waals surface area contributed by atoms with Crippen LogP contribution in [0.2, 0.25) is 0 Å². The van der Waals surface area contributed by atoms with Crippen molar-refractivity contribution >= 4 is 5.91 Å². The Labute approximate surface area is 120 Å². The molecule has 0 bridgehead atoms. The molecule has 1 aromatic rings. The van der Waals surface area contributed by atoms with Gasteiger partial charge in [-0.1, -0.05) is 20.8 Å². The molecule has 110 valence electrons. The molecule has 1 aliphatic heterocycles. The van der Waals surface area contributed by atoms with Gasteiger partial charge in [-0.25, -0.2) is 0 Å². The second kappa shape index (κ2) is 4.32. The van der Waals surface area contributed by atoms with Gasteiger partial charge >= 0.3 is 0 Å². The first kappa shape index (κ1) is 13.6. The summed E-state index contributed by atoms with van der Waals surface area (Å²) in [6.45, 7) is 6.47. The van der Waals surface area contributed by atoms with E-state index < -0.39 is 0 Å². The fourth-order valence-corrected chi connectivity index (χ4v) is 3.25. The van der Waals surface area contributed by atoms with E-state index in [-0.39, 0.29) is 23.4 Å². The molecule has 0 radical (unpaired) electrons. The third-order valence-electron chi connectivity index (χ3n) is 4.23. The van der Waals surface area contributed by atoms with Crippen LogP contribution < -0.4 is 5.73 Å². The minimum atomic E-state index is -0.117. The predicted molar refractivity (Wildman–Crippen MR) is 77.1 cm³/mol. The molecule has 2 unspecified atom stereocenters. The van der Waals surface area contributed by atoms with Crippen molar-refractivity contribution in [3.05, 3.63) is 17.5 Å². The van der Waals surface area contributed by atoms with E-state index >= 15 is 0 Å². The Morgan fingerprint density at radius 2 is 2.00 bits per heavy atom. The Hall–Kier alpha value is -1.36. The first-order valence-electron chi connectivity index (χ1n) is 7.40. The summed E-state index contributed by atoms with van der Waals surface area (Å²) in [6.07, 6.45) is 4.72. The Balaban J connectivity index is 2.05. The van der Waals surface area contributed by atoms with Gasteiger partial charge in [-0.05, 0) is 12.8 Å². The number of amides is 1. The van der Waals surface area contributed by atoms with Crippen molar-refractivity contribution in [1.82, 2.24) is 14.7 Å². The van der Waals surface area contributed by atoms with Crippen LogP contribution in [0.3, 0.4) is 0 Å². The molecule has 2 atom stereocenters. The summed E-state index contributed by atoms with van der Waals surface area (Å²) in [4.78, 5) is 14.3. The number of carbonyl (C=O) groups excluding carboxylic acids is 1. The normalized spacial score (nSPS) is 27.4. The standard InChI is InChI=1S/C15H24N4O/c1-15(2,3)14-10(8-18(4)17-14)13-11(16)7-12(20)19(13)9-5-6-9/h8-9,11,13H,5-7,16H2,1-4H3. The second-order valence-corrected chi connectivity index (χ2v) is 7.20. The smallest absolute Gasteiger partial charge is 0.225 e. The third kappa shape index (κ3) is 2.14. The van der Waals surface area contributed by atoms with E-state index in [1.165, 1.54) is 0 Å². The topological polar surface area (TPSA) is 64.2 Å². The molecule has 1 amide bonds. The molecule has 1 saturated carbocycles. The summed E-state index contributed by atoms with van der Waals surface area (Å²) in [5.41, 5.74) is 8.42. The molecule has 0 spiro atoms. The van der Waals surface area contributed by atoms with Crippen molar-refractivity contribution in [2.24, 2.45) is 12.8 Å². The number of rotatable bonds is 2. The third-order valence-corrected chi connectivity index (χ3v) is 4.23. The van der Waals surface area contributed by atoms with Crippen LogP contribution >= 0.6 is 0 Å². The summed E-state index contributed by atoms with van der Waals surface area (Å²) in [5.74, 6) is 0.203. The highest BCUT2D eigenvalue weighted by Crippen LogP contribution is 2.43. The molecular weight excluding hydrogens is 252 g/mol. The van der Waals surface area contributed by atoms with E-state index in [2.05, 4.69) is 25.9 Å². The minimum absolute atomic E-state index is 0.00192. The van der Waals surface area contributed by atoms with Crippen LogP contribution in [0, 0.1) is 0 Å². The highest BCUT2D eigenvalue weighted by molar-refractivity contribution is 5.81. The first-order valence-corrected chi connectivity index (χ1v) is 7.40. The van der Waals surface area contributed by atoms with Crippen LogP contribution in [0.5, 0.6) is 0 Å². The van der Waals surface area contributed by atoms with Crippen LogP contribution in [0.25, 0.3) is 0 Å². The zero-order valence-corrected chi connectivity index (χ0v) is 12.8. The van der Waals surface area contributed by atoms with E-state index in [1.807, 2.05) is 22.8 Å². The minimum Gasteiger partial charge on any atom is -0.331 e. The van der Waals surface area contributed by atoms with Crippen molar-refractivity contribution in [1.29, 1.82) is 0 Å². The lowest BCUT2D eigenvalue weighted by Crippen LogP contribution is -2.35. The molecule has 1 saturated heterocycles. The van der Waals surface area contributed by atoms with Gasteiger partial charge in [0.15, 0.2) is 0 Å². The summed E-state index contributed by atoms with van der Waals surface area (Å²) in [6, 6.07) is 0.278. The van der Waals surface area contributed by atoms with Gasteiger partial charge in [0.1, 0.15) is 0 Å². The van der Waals surface area contributed by atoms with Crippen LogP contribution in [0.4, 0.5) is 0 Å². The fourth-order valence-electron chi connectivity index (χ4n) is 3.25. The van der Waals surface area contributed by atoms with Crippen LogP contribution in [0.15, 0.2) is 6.20 Å². The molecule has 2 heterocycles. The number of nitrogens with two attached hydrogens (primary N) is 1. The monoisotopic (exact) mass is 276 g/mol. The number of hydrogen-bond donors (Lipinski definition) is 1. The Kier molecular flexibility index (Phi) is 2.94. The number of likely N-dealkylation sites (tertiary alicyclic amines) is 1. The van der Waals surface area contributed by atoms with Crippen molar-refractivity contribution in [3.8, 4) is 0 Å². The van der Waals surface area contributed by atoms with Crippen LogP contribution in [0.1, 0.15) is 57.3 Å². The number of aromatic nitrogens is 2. The molecule has 2 fully saturated rings. The zero-order chi connectivity index (χ0) is 14.7. The van der Waals surface area contributed by atoms with Crippen molar-refractivity contribution in [2.75, 3.05) is 0 Å². The number of aryl methyl sites for hydroxylation is 1. The van der Waals surface area contributed by atoms with Crippen molar-refractivity contribution < 1.29 is 4.79 Å². The number of carbonyl (C=O) groups is 1. The van der Waals surface area contributed by atoms with Gasteiger partial charge in [-0.2, -0.15) is 5.10 Å². The highest BCUT2D eigenvalue weighted by atomic mass is 16.2. The van der Waals surface area contributed by atoms with Crippen LogP contribution in [-0.4, -0.2) is 32.7 Å². The van der Waals surface area contributed by atoms with Gasteiger partial charge in [-0.15, -0.1) is 0 Å². The lowest BCUT2D eigenvalue weighted by Gasteiger charge is -2.29. The van der Waals surface area contributed by atoms with E-state index in [0.717, 1.165) is 24.1 Å². The maximum Gasteiger partial charge on any atom is 0.225 e. The average molecular weight is 276 g/mol.